The third-order valence-electron chi connectivity index (χ3n) is 7.25. The first-order valence-corrected chi connectivity index (χ1v) is 11.5. The average Bonchev–Trinajstić information content (AvgIpc) is 2.81. The molecule has 1 atom stereocenters. The van der Waals surface area contributed by atoms with Gasteiger partial charge in [0.15, 0.2) is 0 Å². The van der Waals surface area contributed by atoms with Gasteiger partial charge >= 0.3 is 0 Å². The molecule has 0 spiro atoms. The van der Waals surface area contributed by atoms with Crippen LogP contribution >= 0.6 is 0 Å². The van der Waals surface area contributed by atoms with Crippen molar-refractivity contribution in [3.05, 3.63) is 42.3 Å². The van der Waals surface area contributed by atoms with E-state index in [0.29, 0.717) is 23.5 Å². The summed E-state index contributed by atoms with van der Waals surface area (Å²) in [5, 5.41) is 3.41. The number of halogens is 1. The normalized spacial score (nSPS) is 27.9. The molecule has 2 bridgehead atoms. The van der Waals surface area contributed by atoms with Crippen LogP contribution in [0.15, 0.2) is 36.5 Å². The Balaban J connectivity index is 1.17. The van der Waals surface area contributed by atoms with Crippen molar-refractivity contribution in [2.45, 2.75) is 38.1 Å². The summed E-state index contributed by atoms with van der Waals surface area (Å²) in [5.41, 5.74) is -0.0974. The lowest BCUT2D eigenvalue weighted by atomic mass is 9.73. The van der Waals surface area contributed by atoms with E-state index in [1.54, 1.807) is 24.4 Å². The van der Waals surface area contributed by atoms with Crippen LogP contribution in [0.3, 0.4) is 0 Å². The Labute approximate surface area is 188 Å². The van der Waals surface area contributed by atoms with Crippen LogP contribution in [-0.4, -0.2) is 59.0 Å². The second-order valence-corrected chi connectivity index (χ2v) is 9.47. The lowest BCUT2D eigenvalue weighted by Crippen LogP contribution is -2.66. The first kappa shape index (κ1) is 21.1. The number of fused-ring (bicyclic) bond motifs is 3. The lowest BCUT2D eigenvalue weighted by molar-refractivity contribution is -0.130. The molecule has 170 valence electrons. The van der Waals surface area contributed by atoms with Gasteiger partial charge in [0.25, 0.3) is 0 Å². The van der Waals surface area contributed by atoms with E-state index in [1.807, 2.05) is 0 Å². The van der Waals surface area contributed by atoms with Gasteiger partial charge in [-0.2, -0.15) is 4.98 Å². The molecule has 6 rings (SSSR count). The van der Waals surface area contributed by atoms with Gasteiger partial charge in [0.05, 0.1) is 5.54 Å². The standard InChI is InChI=1S/C24H30FN5O2/c1-24(16-29-12-9-18(24)10-13-29)28-22(31)17-7-14-30(15-8-17)23-26-11-6-21(27-23)32-20-4-2-19(25)3-5-20/h2-6,11,17-18H,7-10,12-16H2,1H3,(H,28,31). The molecule has 1 N–H and O–H groups in total. The van der Waals surface area contributed by atoms with Crippen LogP contribution in [0, 0.1) is 17.7 Å². The van der Waals surface area contributed by atoms with E-state index in [9.17, 15) is 9.18 Å². The first-order chi connectivity index (χ1) is 15.5. The number of rotatable bonds is 5. The van der Waals surface area contributed by atoms with Gasteiger partial charge in [-0.1, -0.05) is 0 Å². The van der Waals surface area contributed by atoms with Crippen molar-refractivity contribution in [1.29, 1.82) is 0 Å². The minimum Gasteiger partial charge on any atom is -0.439 e. The van der Waals surface area contributed by atoms with Crippen molar-refractivity contribution < 1.29 is 13.9 Å². The molecule has 0 aliphatic carbocycles. The first-order valence-electron chi connectivity index (χ1n) is 11.5. The summed E-state index contributed by atoms with van der Waals surface area (Å²) in [7, 11) is 0. The fraction of sp³-hybridized carbons (Fsp3) is 0.542. The minimum atomic E-state index is -0.310. The summed E-state index contributed by atoms with van der Waals surface area (Å²) in [6.07, 6.45) is 5.59. The maximum atomic E-state index is 13.1. The van der Waals surface area contributed by atoms with Crippen LogP contribution in [-0.2, 0) is 4.79 Å². The summed E-state index contributed by atoms with van der Waals surface area (Å²) >= 11 is 0. The Bertz CT molecular complexity index is 955. The summed E-state index contributed by atoms with van der Waals surface area (Å²) in [4.78, 5) is 26.5. The second-order valence-electron chi connectivity index (χ2n) is 9.47. The molecule has 4 saturated heterocycles. The van der Waals surface area contributed by atoms with Crippen molar-refractivity contribution >= 4 is 11.9 Å². The second kappa shape index (κ2) is 8.65. The summed E-state index contributed by atoms with van der Waals surface area (Å²) in [6, 6.07) is 7.52. The smallest absolute Gasteiger partial charge is 0.228 e. The Morgan fingerprint density at radius 2 is 1.81 bits per heavy atom. The van der Waals surface area contributed by atoms with E-state index < -0.39 is 0 Å². The predicted molar refractivity (Wildman–Crippen MR) is 119 cm³/mol. The van der Waals surface area contributed by atoms with Crippen LogP contribution < -0.4 is 15.0 Å². The molecule has 4 aliphatic rings. The van der Waals surface area contributed by atoms with E-state index in [1.165, 1.54) is 38.1 Å². The molecular formula is C24H30FN5O2. The molecule has 1 unspecified atom stereocenters. The highest BCUT2D eigenvalue weighted by molar-refractivity contribution is 5.80. The average molecular weight is 440 g/mol. The molecule has 0 radical (unpaired) electrons. The van der Waals surface area contributed by atoms with Crippen LogP contribution in [0.5, 0.6) is 11.6 Å². The van der Waals surface area contributed by atoms with E-state index in [0.717, 1.165) is 32.5 Å². The molecule has 7 nitrogen and oxygen atoms in total. The van der Waals surface area contributed by atoms with Crippen molar-refractivity contribution in [3.8, 4) is 11.6 Å². The number of hydrogen-bond acceptors (Lipinski definition) is 6. The molecular weight excluding hydrogens is 409 g/mol. The number of amides is 1. The Kier molecular flexibility index (Phi) is 5.71. The van der Waals surface area contributed by atoms with Gasteiger partial charge in [-0.15, -0.1) is 0 Å². The number of carbonyl (C=O) groups is 1. The van der Waals surface area contributed by atoms with Crippen LogP contribution in [0.2, 0.25) is 0 Å². The number of carbonyl (C=O) groups excluding carboxylic acids is 1. The van der Waals surface area contributed by atoms with E-state index in [4.69, 9.17) is 4.74 Å². The Hall–Kier alpha value is -2.74. The maximum absolute atomic E-state index is 13.1. The van der Waals surface area contributed by atoms with Crippen LogP contribution in [0.25, 0.3) is 0 Å². The molecule has 4 fully saturated rings. The third kappa shape index (κ3) is 4.41. The van der Waals surface area contributed by atoms with E-state index in [-0.39, 0.29) is 23.2 Å². The topological polar surface area (TPSA) is 70.6 Å². The number of aromatic nitrogens is 2. The zero-order chi connectivity index (χ0) is 22.1. The Morgan fingerprint density at radius 1 is 1.09 bits per heavy atom. The number of piperidine rings is 4. The van der Waals surface area contributed by atoms with Crippen molar-refractivity contribution in [1.82, 2.24) is 20.2 Å². The molecule has 2 aromatic rings. The van der Waals surface area contributed by atoms with Crippen molar-refractivity contribution in [2.24, 2.45) is 11.8 Å². The quantitative estimate of drug-likeness (QED) is 0.772. The van der Waals surface area contributed by atoms with Crippen molar-refractivity contribution in [3.63, 3.8) is 0 Å². The highest BCUT2D eigenvalue weighted by Gasteiger charge is 2.45. The molecule has 5 heterocycles. The predicted octanol–water partition coefficient (Wildman–Crippen LogP) is 3.22. The van der Waals surface area contributed by atoms with Gasteiger partial charge in [0, 0.05) is 37.8 Å². The largest absolute Gasteiger partial charge is 0.439 e. The number of nitrogens with zero attached hydrogens (tertiary/aromatic N) is 4. The van der Waals surface area contributed by atoms with Crippen LogP contribution in [0.4, 0.5) is 10.3 Å². The highest BCUT2D eigenvalue weighted by atomic mass is 19.1. The molecule has 32 heavy (non-hydrogen) atoms. The molecule has 1 amide bonds. The number of ether oxygens (including phenoxy) is 1. The molecule has 4 aliphatic heterocycles. The summed E-state index contributed by atoms with van der Waals surface area (Å²) in [6.45, 7) is 6.97. The molecule has 8 heteroatoms. The fourth-order valence-corrected chi connectivity index (χ4v) is 5.35. The number of anilines is 1. The number of benzene rings is 1. The lowest BCUT2D eigenvalue weighted by Gasteiger charge is -2.52. The van der Waals surface area contributed by atoms with Gasteiger partial charge < -0.3 is 19.9 Å². The molecule has 1 aromatic heterocycles. The van der Waals surface area contributed by atoms with Gasteiger partial charge in [-0.3, -0.25) is 4.79 Å². The third-order valence-corrected chi connectivity index (χ3v) is 7.25. The number of hydrogen-bond donors (Lipinski definition) is 1. The number of nitrogens with one attached hydrogen (secondary N) is 1. The zero-order valence-electron chi connectivity index (χ0n) is 18.5. The highest BCUT2D eigenvalue weighted by Crippen LogP contribution is 2.36. The van der Waals surface area contributed by atoms with E-state index >= 15 is 0 Å². The van der Waals surface area contributed by atoms with Gasteiger partial charge in [-0.05, 0) is 75.9 Å². The zero-order valence-corrected chi connectivity index (χ0v) is 18.5. The van der Waals surface area contributed by atoms with Gasteiger partial charge in [-0.25, -0.2) is 9.37 Å². The monoisotopic (exact) mass is 439 g/mol. The van der Waals surface area contributed by atoms with Crippen molar-refractivity contribution in [2.75, 3.05) is 37.6 Å². The maximum Gasteiger partial charge on any atom is 0.228 e. The molecule has 0 saturated carbocycles. The van der Waals surface area contributed by atoms with Gasteiger partial charge in [0.2, 0.25) is 17.7 Å². The minimum absolute atomic E-state index is 0.0252. The summed E-state index contributed by atoms with van der Waals surface area (Å²) in [5.74, 6) is 2.02. The fourth-order valence-electron chi connectivity index (χ4n) is 5.35. The summed E-state index contributed by atoms with van der Waals surface area (Å²) < 4.78 is 18.8. The Morgan fingerprint density at radius 3 is 2.47 bits per heavy atom. The molecule has 1 aromatic carbocycles. The van der Waals surface area contributed by atoms with Gasteiger partial charge in [0.1, 0.15) is 11.6 Å². The van der Waals surface area contributed by atoms with E-state index in [2.05, 4.69) is 32.0 Å². The van der Waals surface area contributed by atoms with Crippen LogP contribution in [0.1, 0.15) is 32.6 Å². The SMILES string of the molecule is CC1(NC(=O)C2CCN(c3nccc(Oc4ccc(F)cc4)n3)CC2)CN2CCC1CC2.